The summed E-state index contributed by atoms with van der Waals surface area (Å²) in [6, 6.07) is 13.3. The number of aromatic nitrogens is 2. The molecule has 0 saturated carbocycles. The summed E-state index contributed by atoms with van der Waals surface area (Å²) in [6.45, 7) is 0.356. The second-order valence-corrected chi connectivity index (χ2v) is 6.96. The van der Waals surface area contributed by atoms with Crippen molar-refractivity contribution in [2.45, 2.75) is 6.54 Å². The number of hydrogen-bond acceptors (Lipinski definition) is 7. The number of nitrogens with zero attached hydrogens (tertiary/aromatic N) is 3. The number of rotatable bonds is 6. The van der Waals surface area contributed by atoms with Crippen molar-refractivity contribution in [3.8, 4) is 5.75 Å². The molecule has 0 spiro atoms. The van der Waals surface area contributed by atoms with E-state index in [1.165, 1.54) is 24.3 Å². The van der Waals surface area contributed by atoms with Gasteiger partial charge in [-0.2, -0.15) is 0 Å². The summed E-state index contributed by atoms with van der Waals surface area (Å²) < 4.78 is 0. The number of halogens is 1. The number of phenols is 1. The zero-order valence-corrected chi connectivity index (χ0v) is 15.8. The molecule has 3 rings (SSSR count). The molecule has 1 aromatic heterocycles. The maximum absolute atomic E-state index is 12.2. The normalized spacial score (nSPS) is 11.2. The Balaban J connectivity index is 1.72. The van der Waals surface area contributed by atoms with Crippen LogP contribution in [0.1, 0.15) is 25.9 Å². The molecule has 0 aliphatic rings. The molecule has 0 fully saturated rings. The Labute approximate surface area is 168 Å². The van der Waals surface area contributed by atoms with E-state index in [0.717, 1.165) is 16.9 Å². The number of nitro groups is 1. The molecule has 28 heavy (non-hydrogen) atoms. The minimum atomic E-state index is -0.694. The van der Waals surface area contributed by atoms with Crippen LogP contribution in [0.25, 0.3) is 11.1 Å². The van der Waals surface area contributed by atoms with Crippen LogP contribution >= 0.6 is 22.9 Å². The standard InChI is InChI=1S/C18H13ClN4O4S/c19-13(8-12-6-7-15(24)14(9-12)23(26)27)17-21-22-18(28-17)16(25)20-10-11-4-2-1-3-5-11/h1-9,24H,10H2,(H,20,25)/b13-8-. The summed E-state index contributed by atoms with van der Waals surface area (Å²) in [5, 5.41) is 31.5. The number of nitrogens with one attached hydrogen (secondary N) is 1. The molecular weight excluding hydrogens is 404 g/mol. The molecule has 0 aliphatic heterocycles. The molecule has 142 valence electrons. The van der Waals surface area contributed by atoms with Crippen LogP contribution in [0.4, 0.5) is 5.69 Å². The molecule has 1 amide bonds. The molecule has 10 heteroatoms. The summed E-state index contributed by atoms with van der Waals surface area (Å²) in [7, 11) is 0. The third-order valence-corrected chi connectivity index (χ3v) is 4.96. The molecule has 0 bridgehead atoms. The van der Waals surface area contributed by atoms with Gasteiger partial charge in [0.25, 0.3) is 5.91 Å². The molecule has 2 aromatic carbocycles. The minimum absolute atomic E-state index is 0.147. The highest BCUT2D eigenvalue weighted by Gasteiger charge is 2.16. The van der Waals surface area contributed by atoms with Crippen molar-refractivity contribution in [2.75, 3.05) is 0 Å². The average Bonchev–Trinajstić information content (AvgIpc) is 3.18. The van der Waals surface area contributed by atoms with Gasteiger partial charge in [0.1, 0.15) is 0 Å². The van der Waals surface area contributed by atoms with Gasteiger partial charge in [-0.05, 0) is 23.3 Å². The predicted molar refractivity (Wildman–Crippen MR) is 106 cm³/mol. The number of phenolic OH excluding ortho intramolecular Hbond substituents is 1. The van der Waals surface area contributed by atoms with Crippen molar-refractivity contribution in [2.24, 2.45) is 0 Å². The van der Waals surface area contributed by atoms with Gasteiger partial charge in [0.15, 0.2) is 10.8 Å². The average molecular weight is 417 g/mol. The van der Waals surface area contributed by atoms with E-state index in [1.54, 1.807) is 0 Å². The Morgan fingerprint density at radius 1 is 1.21 bits per heavy atom. The SMILES string of the molecule is O=C(NCc1ccccc1)c1nnc(/C(Cl)=C/c2ccc(O)c([N+](=O)[O-])c2)s1. The summed E-state index contributed by atoms with van der Waals surface area (Å²) >= 11 is 7.21. The summed E-state index contributed by atoms with van der Waals surface area (Å²) in [5.74, 6) is -0.816. The van der Waals surface area contributed by atoms with Gasteiger partial charge in [-0.3, -0.25) is 14.9 Å². The van der Waals surface area contributed by atoms with Crippen LogP contribution in [0.5, 0.6) is 5.75 Å². The topological polar surface area (TPSA) is 118 Å². The van der Waals surface area contributed by atoms with E-state index in [-0.39, 0.29) is 15.9 Å². The van der Waals surface area contributed by atoms with Gasteiger partial charge in [0.2, 0.25) is 5.01 Å². The highest BCUT2D eigenvalue weighted by atomic mass is 35.5. The van der Waals surface area contributed by atoms with Crippen LogP contribution in [0, 0.1) is 10.1 Å². The van der Waals surface area contributed by atoms with Crippen molar-refractivity contribution in [3.05, 3.63) is 79.8 Å². The fourth-order valence-corrected chi connectivity index (χ4v) is 3.20. The van der Waals surface area contributed by atoms with Gasteiger partial charge in [-0.1, -0.05) is 59.3 Å². The van der Waals surface area contributed by atoms with Crippen molar-refractivity contribution in [1.82, 2.24) is 15.5 Å². The fourth-order valence-electron chi connectivity index (χ4n) is 2.25. The van der Waals surface area contributed by atoms with Gasteiger partial charge in [-0.25, -0.2) is 0 Å². The molecule has 0 aliphatic carbocycles. The lowest BCUT2D eigenvalue weighted by molar-refractivity contribution is -0.385. The van der Waals surface area contributed by atoms with Crippen LogP contribution in [0.2, 0.25) is 0 Å². The fraction of sp³-hybridized carbons (Fsp3) is 0.0556. The smallest absolute Gasteiger partial charge is 0.311 e. The largest absolute Gasteiger partial charge is 0.502 e. The Kier molecular flexibility index (Phi) is 5.97. The van der Waals surface area contributed by atoms with E-state index in [0.29, 0.717) is 17.1 Å². The summed E-state index contributed by atoms with van der Waals surface area (Å²) in [4.78, 5) is 22.4. The lowest BCUT2D eigenvalue weighted by Gasteiger charge is -2.02. The highest BCUT2D eigenvalue weighted by molar-refractivity contribution is 7.15. The number of benzene rings is 2. The second-order valence-electron chi connectivity index (χ2n) is 5.58. The summed E-state index contributed by atoms with van der Waals surface area (Å²) in [6.07, 6.45) is 1.44. The van der Waals surface area contributed by atoms with Crippen LogP contribution in [-0.4, -0.2) is 26.1 Å². The predicted octanol–water partition coefficient (Wildman–Crippen LogP) is 3.82. The highest BCUT2D eigenvalue weighted by Crippen LogP contribution is 2.30. The van der Waals surface area contributed by atoms with Crippen molar-refractivity contribution < 1.29 is 14.8 Å². The third-order valence-electron chi connectivity index (χ3n) is 3.61. The van der Waals surface area contributed by atoms with Gasteiger partial charge in [-0.15, -0.1) is 10.2 Å². The van der Waals surface area contributed by atoms with E-state index < -0.39 is 16.4 Å². The molecule has 3 aromatic rings. The van der Waals surface area contributed by atoms with E-state index in [4.69, 9.17) is 11.6 Å². The molecule has 0 radical (unpaired) electrons. The number of amides is 1. The van der Waals surface area contributed by atoms with E-state index >= 15 is 0 Å². The molecule has 0 atom stereocenters. The number of nitro benzene ring substituents is 1. The lowest BCUT2D eigenvalue weighted by Crippen LogP contribution is -2.22. The first-order valence-corrected chi connectivity index (χ1v) is 9.14. The first kappa shape index (κ1) is 19.5. The molecule has 8 nitrogen and oxygen atoms in total. The molecule has 0 saturated heterocycles. The number of carbonyl (C=O) groups excluding carboxylic acids is 1. The summed E-state index contributed by atoms with van der Waals surface area (Å²) in [5.41, 5.74) is 0.920. The molecule has 0 unspecified atom stereocenters. The molecule has 2 N–H and O–H groups in total. The van der Waals surface area contributed by atoms with Crippen molar-refractivity contribution in [3.63, 3.8) is 0 Å². The Morgan fingerprint density at radius 3 is 2.64 bits per heavy atom. The van der Waals surface area contributed by atoms with Gasteiger partial charge >= 0.3 is 5.69 Å². The van der Waals surface area contributed by atoms with E-state index in [1.807, 2.05) is 30.3 Å². The number of aromatic hydroxyl groups is 1. The van der Waals surface area contributed by atoms with Crippen molar-refractivity contribution in [1.29, 1.82) is 0 Å². The van der Waals surface area contributed by atoms with Crippen LogP contribution in [-0.2, 0) is 6.54 Å². The Bertz CT molecular complexity index is 1050. The Morgan fingerprint density at radius 2 is 1.93 bits per heavy atom. The van der Waals surface area contributed by atoms with Gasteiger partial charge in [0, 0.05) is 12.6 Å². The zero-order valence-electron chi connectivity index (χ0n) is 14.2. The minimum Gasteiger partial charge on any atom is -0.502 e. The number of carbonyl (C=O) groups is 1. The van der Waals surface area contributed by atoms with Crippen LogP contribution in [0.15, 0.2) is 48.5 Å². The van der Waals surface area contributed by atoms with Gasteiger partial charge < -0.3 is 10.4 Å². The maximum Gasteiger partial charge on any atom is 0.311 e. The molecule has 1 heterocycles. The van der Waals surface area contributed by atoms with Crippen molar-refractivity contribution >= 4 is 45.6 Å². The van der Waals surface area contributed by atoms with E-state index in [2.05, 4.69) is 15.5 Å². The first-order chi connectivity index (χ1) is 13.4. The Hall–Kier alpha value is -3.30. The van der Waals surface area contributed by atoms with Gasteiger partial charge in [0.05, 0.1) is 9.96 Å². The lowest BCUT2D eigenvalue weighted by atomic mass is 10.2. The molecular formula is C18H13ClN4O4S. The van der Waals surface area contributed by atoms with Crippen LogP contribution < -0.4 is 5.32 Å². The zero-order chi connectivity index (χ0) is 20.1. The third kappa shape index (κ3) is 4.70. The van der Waals surface area contributed by atoms with Crippen LogP contribution in [0.3, 0.4) is 0 Å². The quantitative estimate of drug-likeness (QED) is 0.465. The second kappa shape index (κ2) is 8.59. The van der Waals surface area contributed by atoms with E-state index in [9.17, 15) is 20.0 Å². The maximum atomic E-state index is 12.2. The number of hydrogen-bond donors (Lipinski definition) is 2. The first-order valence-electron chi connectivity index (χ1n) is 7.94. The monoisotopic (exact) mass is 416 g/mol.